The van der Waals surface area contributed by atoms with Crippen LogP contribution in [0.3, 0.4) is 0 Å². The average molecular weight is 416 g/mol. The molecule has 0 spiro atoms. The maximum absolute atomic E-state index is 11.3. The number of hydrogen-bond acceptors (Lipinski definition) is 6. The van der Waals surface area contributed by atoms with E-state index in [1.165, 1.54) is 6.26 Å². The minimum absolute atomic E-state index is 0.0161. The minimum atomic E-state index is -2.98. The molecule has 0 bridgehead atoms. The van der Waals surface area contributed by atoms with E-state index in [1.54, 1.807) is 21.3 Å². The average Bonchev–Trinajstić information content (AvgIpc) is 2.65. The van der Waals surface area contributed by atoms with Crippen LogP contribution in [0.15, 0.2) is 17.1 Å². The molecule has 0 aromatic heterocycles. The molecule has 8 nitrogen and oxygen atoms in total. The largest absolute Gasteiger partial charge is 0.496 e. The van der Waals surface area contributed by atoms with Crippen LogP contribution in [0, 0.1) is 0 Å². The van der Waals surface area contributed by atoms with Crippen molar-refractivity contribution in [1.82, 2.24) is 10.6 Å². The molecule has 0 fully saturated rings. The third-order valence-corrected chi connectivity index (χ3v) is 5.08. The van der Waals surface area contributed by atoms with Crippen molar-refractivity contribution in [3.8, 4) is 17.2 Å². The van der Waals surface area contributed by atoms with E-state index in [0.29, 0.717) is 49.1 Å². The number of guanidine groups is 1. The summed E-state index contributed by atoms with van der Waals surface area (Å²) < 4.78 is 38.9. The number of aliphatic imine (C=N–C) groups is 1. The van der Waals surface area contributed by atoms with E-state index < -0.39 is 9.84 Å². The molecule has 1 aromatic rings. The highest BCUT2D eigenvalue weighted by molar-refractivity contribution is 7.90. The van der Waals surface area contributed by atoms with Crippen molar-refractivity contribution in [2.24, 2.45) is 4.99 Å². The second kappa shape index (κ2) is 11.6. The van der Waals surface area contributed by atoms with Crippen molar-refractivity contribution >= 4 is 15.8 Å². The first-order valence-corrected chi connectivity index (χ1v) is 11.3. The number of benzene rings is 1. The Morgan fingerprint density at radius 3 is 2.21 bits per heavy atom. The van der Waals surface area contributed by atoms with E-state index >= 15 is 0 Å². The third kappa shape index (κ3) is 8.24. The van der Waals surface area contributed by atoms with Gasteiger partial charge in [-0.15, -0.1) is 0 Å². The zero-order chi connectivity index (χ0) is 21.2. The highest BCUT2D eigenvalue weighted by Gasteiger charge is 2.13. The molecular formula is C19H33N3O5S. The van der Waals surface area contributed by atoms with Gasteiger partial charge in [-0.05, 0) is 26.7 Å². The SMILES string of the molecule is CCNC(=NCCc1c(OC)cc(OC)cc1OC)NC(C)CCS(C)(=O)=O. The van der Waals surface area contributed by atoms with E-state index in [0.717, 1.165) is 5.56 Å². The zero-order valence-electron chi connectivity index (χ0n) is 17.7. The van der Waals surface area contributed by atoms with Gasteiger partial charge in [0.1, 0.15) is 27.1 Å². The molecule has 1 rings (SSSR count). The first-order valence-electron chi connectivity index (χ1n) is 9.25. The van der Waals surface area contributed by atoms with Crippen molar-refractivity contribution < 1.29 is 22.6 Å². The Hall–Kier alpha value is -2.16. The molecule has 0 aliphatic carbocycles. The number of ether oxygens (including phenoxy) is 3. The van der Waals surface area contributed by atoms with Crippen LogP contribution >= 0.6 is 0 Å². The number of nitrogens with zero attached hydrogens (tertiary/aromatic N) is 1. The molecule has 0 radical (unpaired) electrons. The molecule has 9 heteroatoms. The standard InChI is InChI=1S/C19H33N3O5S/c1-7-20-19(22-14(2)9-11-28(6,23)24)21-10-8-16-17(26-4)12-15(25-3)13-18(16)27-5/h12-14H,7-11H2,1-6H3,(H2,20,21,22). The topological polar surface area (TPSA) is 98.2 Å². The van der Waals surface area contributed by atoms with Gasteiger partial charge in [0.25, 0.3) is 0 Å². The summed E-state index contributed by atoms with van der Waals surface area (Å²) >= 11 is 0. The predicted octanol–water partition coefficient (Wildman–Crippen LogP) is 1.63. The van der Waals surface area contributed by atoms with Crippen LogP contribution in [-0.4, -0.2) is 66.8 Å². The van der Waals surface area contributed by atoms with Gasteiger partial charge in [-0.2, -0.15) is 0 Å². The van der Waals surface area contributed by atoms with Crippen LogP contribution in [0.25, 0.3) is 0 Å². The first kappa shape index (κ1) is 23.9. The van der Waals surface area contributed by atoms with Crippen LogP contribution in [0.4, 0.5) is 0 Å². The van der Waals surface area contributed by atoms with Crippen molar-refractivity contribution in [1.29, 1.82) is 0 Å². The normalized spacial score (nSPS) is 13.0. The molecule has 0 amide bonds. The summed E-state index contributed by atoms with van der Waals surface area (Å²) in [6.45, 7) is 5.13. The highest BCUT2D eigenvalue weighted by Crippen LogP contribution is 2.34. The van der Waals surface area contributed by atoms with Gasteiger partial charge in [0.2, 0.25) is 0 Å². The lowest BCUT2D eigenvalue weighted by Gasteiger charge is -2.18. The fourth-order valence-electron chi connectivity index (χ4n) is 2.62. The van der Waals surface area contributed by atoms with E-state index in [9.17, 15) is 8.42 Å². The molecule has 160 valence electrons. The quantitative estimate of drug-likeness (QED) is 0.419. The molecule has 1 atom stereocenters. The van der Waals surface area contributed by atoms with Crippen LogP contribution in [-0.2, 0) is 16.3 Å². The maximum Gasteiger partial charge on any atom is 0.191 e. The van der Waals surface area contributed by atoms with Gasteiger partial charge in [-0.3, -0.25) is 4.99 Å². The van der Waals surface area contributed by atoms with Crippen LogP contribution in [0.2, 0.25) is 0 Å². The van der Waals surface area contributed by atoms with E-state index in [2.05, 4.69) is 15.6 Å². The lowest BCUT2D eigenvalue weighted by molar-refractivity contribution is 0.369. The van der Waals surface area contributed by atoms with Gasteiger partial charge in [0.15, 0.2) is 5.96 Å². The fourth-order valence-corrected chi connectivity index (χ4v) is 3.40. The molecule has 0 saturated carbocycles. The molecule has 28 heavy (non-hydrogen) atoms. The van der Waals surface area contributed by atoms with Crippen molar-refractivity contribution in [3.63, 3.8) is 0 Å². The van der Waals surface area contributed by atoms with Crippen molar-refractivity contribution in [3.05, 3.63) is 17.7 Å². The molecule has 1 aromatic carbocycles. The highest BCUT2D eigenvalue weighted by atomic mass is 32.2. The number of methoxy groups -OCH3 is 3. The van der Waals surface area contributed by atoms with Gasteiger partial charge >= 0.3 is 0 Å². The van der Waals surface area contributed by atoms with Crippen molar-refractivity contribution in [2.45, 2.75) is 32.7 Å². The number of sulfone groups is 1. The molecular weight excluding hydrogens is 382 g/mol. The minimum Gasteiger partial charge on any atom is -0.496 e. The second-order valence-electron chi connectivity index (χ2n) is 6.49. The Labute approximate surface area is 168 Å². The summed E-state index contributed by atoms with van der Waals surface area (Å²) in [7, 11) is 1.83. The summed E-state index contributed by atoms with van der Waals surface area (Å²) in [5, 5.41) is 6.42. The molecule has 0 saturated heterocycles. The Kier molecular flexibility index (Phi) is 9.92. The second-order valence-corrected chi connectivity index (χ2v) is 8.74. The third-order valence-electron chi connectivity index (χ3n) is 4.10. The van der Waals surface area contributed by atoms with Gasteiger partial charge < -0.3 is 24.8 Å². The molecule has 1 unspecified atom stereocenters. The smallest absolute Gasteiger partial charge is 0.191 e. The van der Waals surface area contributed by atoms with E-state index in [-0.39, 0.29) is 11.8 Å². The summed E-state index contributed by atoms with van der Waals surface area (Å²) in [6, 6.07) is 3.62. The van der Waals surface area contributed by atoms with E-state index in [4.69, 9.17) is 14.2 Å². The zero-order valence-corrected chi connectivity index (χ0v) is 18.5. The number of hydrogen-bond donors (Lipinski definition) is 2. The fraction of sp³-hybridized carbons (Fsp3) is 0.632. The molecule has 0 aliphatic rings. The summed E-state index contributed by atoms with van der Waals surface area (Å²) in [5.74, 6) is 2.82. The van der Waals surface area contributed by atoms with Gasteiger partial charge in [0.05, 0.1) is 27.1 Å². The Morgan fingerprint density at radius 1 is 1.14 bits per heavy atom. The Bertz CT molecular complexity index is 725. The first-order chi connectivity index (χ1) is 13.2. The number of nitrogens with one attached hydrogen (secondary N) is 2. The lowest BCUT2D eigenvalue weighted by Crippen LogP contribution is -2.43. The van der Waals surface area contributed by atoms with Crippen molar-refractivity contribution in [2.75, 3.05) is 46.4 Å². The van der Waals surface area contributed by atoms with Crippen LogP contribution < -0.4 is 24.8 Å². The molecule has 0 heterocycles. The Morgan fingerprint density at radius 2 is 1.75 bits per heavy atom. The maximum atomic E-state index is 11.3. The van der Waals surface area contributed by atoms with Crippen LogP contribution in [0.1, 0.15) is 25.8 Å². The Balaban J connectivity index is 2.83. The molecule has 0 aliphatic heterocycles. The summed E-state index contributed by atoms with van der Waals surface area (Å²) in [5.41, 5.74) is 0.913. The van der Waals surface area contributed by atoms with Gasteiger partial charge in [0, 0.05) is 43.1 Å². The monoisotopic (exact) mass is 415 g/mol. The predicted molar refractivity (Wildman–Crippen MR) is 113 cm³/mol. The van der Waals surface area contributed by atoms with Gasteiger partial charge in [-0.1, -0.05) is 0 Å². The number of rotatable bonds is 11. The van der Waals surface area contributed by atoms with Crippen LogP contribution in [0.5, 0.6) is 17.2 Å². The lowest BCUT2D eigenvalue weighted by atomic mass is 10.1. The van der Waals surface area contributed by atoms with E-state index in [1.807, 2.05) is 26.0 Å². The summed E-state index contributed by atoms with van der Waals surface area (Å²) in [4.78, 5) is 4.59. The summed E-state index contributed by atoms with van der Waals surface area (Å²) in [6.07, 6.45) is 2.38. The van der Waals surface area contributed by atoms with Gasteiger partial charge in [-0.25, -0.2) is 8.42 Å². The molecule has 2 N–H and O–H groups in total.